The maximum atomic E-state index is 12.7. The van der Waals surface area contributed by atoms with Gasteiger partial charge < -0.3 is 14.2 Å². The number of rotatable bonds is 40. The molecule has 0 saturated heterocycles. The van der Waals surface area contributed by atoms with Gasteiger partial charge in [0.05, 0.1) is 0 Å². The second-order valence-corrected chi connectivity index (χ2v) is 15.8. The van der Waals surface area contributed by atoms with E-state index >= 15 is 0 Å². The summed E-state index contributed by atoms with van der Waals surface area (Å²) in [5.41, 5.74) is 0. The van der Waals surface area contributed by atoms with E-state index in [1.54, 1.807) is 0 Å². The minimum Gasteiger partial charge on any atom is -0.462 e. The van der Waals surface area contributed by atoms with Crippen molar-refractivity contribution in [3.63, 3.8) is 0 Å². The number of ether oxygens (including phenoxy) is 3. The van der Waals surface area contributed by atoms with Gasteiger partial charge >= 0.3 is 17.9 Å². The molecule has 0 unspecified atom stereocenters. The number of hydrogen-bond acceptors (Lipinski definition) is 6. The van der Waals surface area contributed by atoms with Crippen LogP contribution in [0.5, 0.6) is 0 Å². The van der Waals surface area contributed by atoms with Gasteiger partial charge in [0.15, 0.2) is 6.10 Å². The summed E-state index contributed by atoms with van der Waals surface area (Å²) in [5.74, 6) is -0.0519. The Hall–Kier alpha value is -1.59. The Morgan fingerprint density at radius 1 is 0.373 bits per heavy atom. The van der Waals surface area contributed by atoms with Gasteiger partial charge in [-0.2, -0.15) is 0 Å². The van der Waals surface area contributed by atoms with Crippen LogP contribution in [0.15, 0.2) is 0 Å². The van der Waals surface area contributed by atoms with Gasteiger partial charge in [0.25, 0.3) is 0 Å². The summed E-state index contributed by atoms with van der Waals surface area (Å²) in [6, 6.07) is 0. The summed E-state index contributed by atoms with van der Waals surface area (Å²) < 4.78 is 16.7. The van der Waals surface area contributed by atoms with Crippen molar-refractivity contribution in [1.29, 1.82) is 0 Å². The van der Waals surface area contributed by atoms with E-state index in [1.165, 1.54) is 141 Å². The van der Waals surface area contributed by atoms with Gasteiger partial charge in [-0.15, -0.1) is 0 Å². The van der Waals surface area contributed by atoms with Gasteiger partial charge in [-0.3, -0.25) is 14.4 Å². The Morgan fingerprint density at radius 3 is 0.961 bits per heavy atom. The molecule has 0 fully saturated rings. The molecule has 0 aliphatic carbocycles. The maximum absolute atomic E-state index is 12.7. The van der Waals surface area contributed by atoms with E-state index in [1.807, 2.05) is 0 Å². The fourth-order valence-electron chi connectivity index (χ4n) is 6.63. The normalized spacial score (nSPS) is 11.9. The zero-order valence-electron chi connectivity index (χ0n) is 34.6. The molecule has 0 spiro atoms. The smallest absolute Gasteiger partial charge is 0.306 e. The predicted molar refractivity (Wildman–Crippen MR) is 215 cm³/mol. The summed E-state index contributed by atoms with van der Waals surface area (Å²) in [5, 5.41) is 0. The molecule has 6 nitrogen and oxygen atoms in total. The minimum atomic E-state index is -0.758. The molecule has 0 N–H and O–H groups in total. The van der Waals surface area contributed by atoms with Crippen LogP contribution in [0.3, 0.4) is 0 Å². The Kier molecular flexibility index (Phi) is 38.4. The highest BCUT2D eigenvalue weighted by molar-refractivity contribution is 5.71. The van der Waals surface area contributed by atoms with Gasteiger partial charge in [0.1, 0.15) is 13.2 Å². The standard InChI is InChI=1S/C45H86O6/c1-5-7-9-11-13-15-17-21-25-29-33-37-44(47)50-40-42(39-49-43(46)36-32-28-24-20-16-14-12-10-8-6-2)51-45(48)38-34-30-26-22-18-19-23-27-31-35-41(3)4/h41-42H,5-40H2,1-4H3/t42-/m1/s1. The molecule has 0 rings (SSSR count). The van der Waals surface area contributed by atoms with E-state index in [9.17, 15) is 14.4 Å². The highest BCUT2D eigenvalue weighted by atomic mass is 16.6. The zero-order chi connectivity index (χ0) is 37.5. The quantitative estimate of drug-likeness (QED) is 0.0356. The van der Waals surface area contributed by atoms with Crippen LogP contribution in [0.25, 0.3) is 0 Å². The average Bonchev–Trinajstić information content (AvgIpc) is 3.11. The molecule has 0 aromatic rings. The van der Waals surface area contributed by atoms with Crippen LogP contribution in [0.1, 0.15) is 246 Å². The Morgan fingerprint density at radius 2 is 0.647 bits per heavy atom. The maximum Gasteiger partial charge on any atom is 0.306 e. The van der Waals surface area contributed by atoms with Crippen molar-refractivity contribution in [2.24, 2.45) is 5.92 Å². The third-order valence-electron chi connectivity index (χ3n) is 10.0. The molecule has 0 bridgehead atoms. The molecular weight excluding hydrogens is 636 g/mol. The van der Waals surface area contributed by atoms with E-state index in [4.69, 9.17) is 14.2 Å². The molecule has 302 valence electrons. The molecule has 0 aromatic heterocycles. The molecule has 0 aliphatic heterocycles. The van der Waals surface area contributed by atoms with Gasteiger partial charge in [-0.1, -0.05) is 207 Å². The summed E-state index contributed by atoms with van der Waals surface area (Å²) >= 11 is 0. The molecule has 0 saturated carbocycles. The van der Waals surface area contributed by atoms with Crippen molar-refractivity contribution in [2.75, 3.05) is 13.2 Å². The molecule has 1 atom stereocenters. The van der Waals surface area contributed by atoms with Crippen molar-refractivity contribution in [3.05, 3.63) is 0 Å². The van der Waals surface area contributed by atoms with Crippen molar-refractivity contribution in [1.82, 2.24) is 0 Å². The fraction of sp³-hybridized carbons (Fsp3) is 0.933. The monoisotopic (exact) mass is 723 g/mol. The average molecular weight is 723 g/mol. The second-order valence-electron chi connectivity index (χ2n) is 15.8. The van der Waals surface area contributed by atoms with Crippen LogP contribution in [0.2, 0.25) is 0 Å². The lowest BCUT2D eigenvalue weighted by Crippen LogP contribution is -2.30. The summed E-state index contributed by atoms with van der Waals surface area (Å²) in [7, 11) is 0. The van der Waals surface area contributed by atoms with E-state index in [-0.39, 0.29) is 31.1 Å². The number of carbonyl (C=O) groups is 3. The first-order chi connectivity index (χ1) is 24.9. The fourth-order valence-corrected chi connectivity index (χ4v) is 6.63. The largest absolute Gasteiger partial charge is 0.462 e. The van der Waals surface area contributed by atoms with Crippen LogP contribution in [-0.2, 0) is 28.6 Å². The number of unbranched alkanes of at least 4 members (excludes halogenated alkanes) is 27. The van der Waals surface area contributed by atoms with Gasteiger partial charge in [0, 0.05) is 19.3 Å². The first-order valence-electron chi connectivity index (χ1n) is 22.4. The van der Waals surface area contributed by atoms with Crippen LogP contribution >= 0.6 is 0 Å². The van der Waals surface area contributed by atoms with E-state index in [2.05, 4.69) is 27.7 Å². The minimum absolute atomic E-state index is 0.0642. The van der Waals surface area contributed by atoms with Crippen LogP contribution in [0, 0.1) is 5.92 Å². The molecule has 0 radical (unpaired) electrons. The van der Waals surface area contributed by atoms with Crippen molar-refractivity contribution < 1.29 is 28.6 Å². The molecule has 6 heteroatoms. The lowest BCUT2D eigenvalue weighted by molar-refractivity contribution is -0.167. The SMILES string of the molecule is CCCCCCCCCCCCCC(=O)OC[C@@H](COC(=O)CCCCCCCCCCCC)OC(=O)CCCCCCCCCCCC(C)C. The lowest BCUT2D eigenvalue weighted by atomic mass is 10.0. The van der Waals surface area contributed by atoms with Crippen LogP contribution in [0.4, 0.5) is 0 Å². The number of esters is 3. The first-order valence-corrected chi connectivity index (χ1v) is 22.4. The number of hydrogen-bond donors (Lipinski definition) is 0. The predicted octanol–water partition coefficient (Wildman–Crippen LogP) is 13.9. The zero-order valence-corrected chi connectivity index (χ0v) is 34.6. The molecule has 0 heterocycles. The summed E-state index contributed by atoms with van der Waals surface area (Å²) in [6.45, 7) is 8.95. The molecular formula is C45H86O6. The van der Waals surface area contributed by atoms with Gasteiger partial charge in [-0.05, 0) is 25.2 Å². The van der Waals surface area contributed by atoms with Crippen molar-refractivity contribution in [2.45, 2.75) is 252 Å². The molecule has 0 amide bonds. The van der Waals surface area contributed by atoms with Gasteiger partial charge in [0.2, 0.25) is 0 Å². The third kappa shape index (κ3) is 39.5. The number of carbonyl (C=O) groups excluding carboxylic acids is 3. The Balaban J connectivity index is 4.34. The van der Waals surface area contributed by atoms with Crippen LogP contribution in [-0.4, -0.2) is 37.2 Å². The molecule has 0 aliphatic rings. The van der Waals surface area contributed by atoms with E-state index < -0.39 is 6.10 Å². The Labute approximate surface area is 317 Å². The summed E-state index contributed by atoms with van der Waals surface area (Å²) in [6.07, 6.45) is 38.0. The second kappa shape index (κ2) is 39.6. The van der Waals surface area contributed by atoms with Crippen molar-refractivity contribution >= 4 is 17.9 Å². The van der Waals surface area contributed by atoms with Crippen LogP contribution < -0.4 is 0 Å². The lowest BCUT2D eigenvalue weighted by Gasteiger charge is -2.18. The highest BCUT2D eigenvalue weighted by Crippen LogP contribution is 2.16. The first kappa shape index (κ1) is 49.4. The van der Waals surface area contributed by atoms with Crippen molar-refractivity contribution in [3.8, 4) is 0 Å². The van der Waals surface area contributed by atoms with E-state index in [0.717, 1.165) is 63.7 Å². The third-order valence-corrected chi connectivity index (χ3v) is 10.0. The highest BCUT2D eigenvalue weighted by Gasteiger charge is 2.19. The summed E-state index contributed by atoms with van der Waals surface area (Å²) in [4.78, 5) is 37.6. The van der Waals surface area contributed by atoms with E-state index in [0.29, 0.717) is 19.3 Å². The molecule has 0 aromatic carbocycles. The molecule has 51 heavy (non-hydrogen) atoms. The Bertz CT molecular complexity index is 766. The van der Waals surface area contributed by atoms with Gasteiger partial charge in [-0.25, -0.2) is 0 Å². The topological polar surface area (TPSA) is 78.9 Å².